The van der Waals surface area contributed by atoms with Crippen LogP contribution in [0.2, 0.25) is 5.02 Å². The zero-order chi connectivity index (χ0) is 20.3. The first-order valence-electron chi connectivity index (χ1n) is 8.76. The van der Waals surface area contributed by atoms with Gasteiger partial charge in [0, 0.05) is 34.1 Å². The second kappa shape index (κ2) is 8.50. The number of aryl methyl sites for hydroxylation is 1. The predicted octanol–water partition coefficient (Wildman–Crippen LogP) is 5.10. The van der Waals surface area contributed by atoms with Crippen LogP contribution in [0, 0.1) is 10.1 Å². The van der Waals surface area contributed by atoms with Gasteiger partial charge in [-0.3, -0.25) is 14.9 Å². The van der Waals surface area contributed by atoms with E-state index in [4.69, 9.17) is 11.6 Å². The Morgan fingerprint density at radius 3 is 2.54 bits per heavy atom. The number of halogens is 1. The molecule has 0 aliphatic carbocycles. The average molecular weight is 416 g/mol. The van der Waals surface area contributed by atoms with Gasteiger partial charge in [0.05, 0.1) is 10.6 Å². The summed E-state index contributed by atoms with van der Waals surface area (Å²) in [6.45, 7) is 4.68. The summed E-state index contributed by atoms with van der Waals surface area (Å²) in [4.78, 5) is 29.0. The van der Waals surface area contributed by atoms with Crippen LogP contribution in [0.25, 0.3) is 11.3 Å². The third-order valence-electron chi connectivity index (χ3n) is 4.24. The molecule has 0 aliphatic heterocycles. The third kappa shape index (κ3) is 4.05. The lowest BCUT2D eigenvalue weighted by molar-refractivity contribution is -0.384. The molecular weight excluding hydrogens is 398 g/mol. The molecule has 0 saturated carbocycles. The maximum absolute atomic E-state index is 12.6. The van der Waals surface area contributed by atoms with Gasteiger partial charge in [0.25, 0.3) is 11.6 Å². The first kappa shape index (κ1) is 20.0. The average Bonchev–Trinajstić information content (AvgIpc) is 3.05. The van der Waals surface area contributed by atoms with Crippen molar-refractivity contribution in [2.24, 2.45) is 4.99 Å². The highest BCUT2D eigenvalue weighted by Gasteiger charge is 2.16. The van der Waals surface area contributed by atoms with E-state index < -0.39 is 10.8 Å². The summed E-state index contributed by atoms with van der Waals surface area (Å²) in [5.74, 6) is -0.502. The van der Waals surface area contributed by atoms with Gasteiger partial charge in [-0.15, -0.1) is 11.3 Å². The molecule has 0 N–H and O–H groups in total. The number of amides is 1. The van der Waals surface area contributed by atoms with Crippen molar-refractivity contribution in [1.82, 2.24) is 4.57 Å². The lowest BCUT2D eigenvalue weighted by atomic mass is 10.1. The van der Waals surface area contributed by atoms with E-state index in [-0.39, 0.29) is 11.3 Å². The summed E-state index contributed by atoms with van der Waals surface area (Å²) in [7, 11) is 0. The van der Waals surface area contributed by atoms with E-state index >= 15 is 0 Å². The van der Waals surface area contributed by atoms with Crippen LogP contribution < -0.4 is 4.80 Å². The first-order valence-corrected chi connectivity index (χ1v) is 9.96. The molecule has 6 nitrogen and oxygen atoms in total. The first-order chi connectivity index (χ1) is 13.4. The highest BCUT2D eigenvalue weighted by molar-refractivity contribution is 7.09. The molecule has 1 aromatic heterocycles. The predicted molar refractivity (Wildman–Crippen MR) is 111 cm³/mol. The number of aromatic nitrogens is 1. The van der Waals surface area contributed by atoms with E-state index in [0.717, 1.165) is 22.6 Å². The van der Waals surface area contributed by atoms with Crippen molar-refractivity contribution in [3.05, 3.63) is 78.9 Å². The van der Waals surface area contributed by atoms with Gasteiger partial charge in [-0.05, 0) is 37.1 Å². The highest BCUT2D eigenvalue weighted by atomic mass is 35.5. The number of nitrogens with zero attached hydrogens (tertiary/aromatic N) is 3. The fourth-order valence-corrected chi connectivity index (χ4v) is 4.18. The molecule has 0 radical (unpaired) electrons. The minimum atomic E-state index is -0.526. The van der Waals surface area contributed by atoms with E-state index in [1.165, 1.54) is 35.6 Å². The van der Waals surface area contributed by atoms with Gasteiger partial charge in [0.1, 0.15) is 0 Å². The monoisotopic (exact) mass is 415 g/mol. The van der Waals surface area contributed by atoms with Crippen molar-refractivity contribution in [1.29, 1.82) is 0 Å². The molecule has 3 aromatic rings. The quantitative estimate of drug-likeness (QED) is 0.429. The van der Waals surface area contributed by atoms with Crippen molar-refractivity contribution in [3.63, 3.8) is 0 Å². The molecule has 0 bridgehead atoms. The Hall–Kier alpha value is -2.77. The smallest absolute Gasteiger partial charge is 0.279 e. The van der Waals surface area contributed by atoms with Crippen molar-refractivity contribution in [2.75, 3.05) is 0 Å². The van der Waals surface area contributed by atoms with Gasteiger partial charge >= 0.3 is 0 Å². The van der Waals surface area contributed by atoms with Crippen molar-refractivity contribution < 1.29 is 9.72 Å². The van der Waals surface area contributed by atoms with Gasteiger partial charge in [-0.25, -0.2) is 0 Å². The molecule has 28 heavy (non-hydrogen) atoms. The Morgan fingerprint density at radius 2 is 1.93 bits per heavy atom. The number of hydrogen-bond acceptors (Lipinski definition) is 4. The molecule has 0 aliphatic rings. The third-order valence-corrected chi connectivity index (χ3v) is 5.71. The molecule has 0 unspecified atom stereocenters. The van der Waals surface area contributed by atoms with Crippen LogP contribution >= 0.6 is 22.9 Å². The second-order valence-corrected chi connectivity index (χ2v) is 7.48. The minimum absolute atomic E-state index is 0.133. The van der Waals surface area contributed by atoms with E-state index in [0.29, 0.717) is 16.4 Å². The number of nitro groups is 1. The van der Waals surface area contributed by atoms with Gasteiger partial charge in [-0.1, -0.05) is 36.7 Å². The second-order valence-electron chi connectivity index (χ2n) is 5.99. The summed E-state index contributed by atoms with van der Waals surface area (Å²) in [6.07, 6.45) is 0.795. The minimum Gasteiger partial charge on any atom is -0.316 e. The summed E-state index contributed by atoms with van der Waals surface area (Å²) in [5.41, 5.74) is 2.07. The lowest BCUT2D eigenvalue weighted by Crippen LogP contribution is -2.17. The molecule has 3 rings (SSSR count). The van der Waals surface area contributed by atoms with Gasteiger partial charge in [-0.2, -0.15) is 4.99 Å². The largest absolute Gasteiger partial charge is 0.316 e. The molecule has 0 spiro atoms. The fraction of sp³-hybridized carbons (Fsp3) is 0.200. The van der Waals surface area contributed by atoms with Crippen LogP contribution in [-0.4, -0.2) is 15.4 Å². The topological polar surface area (TPSA) is 77.5 Å². The number of thiazole rings is 1. The van der Waals surface area contributed by atoms with E-state index in [9.17, 15) is 14.9 Å². The Kier molecular flexibility index (Phi) is 6.06. The molecule has 2 aromatic carbocycles. The number of carbonyl (C=O) groups is 1. The molecular formula is C20H18ClN3O3S. The molecule has 0 atom stereocenters. The molecule has 144 valence electrons. The Bertz CT molecular complexity index is 1100. The van der Waals surface area contributed by atoms with E-state index in [2.05, 4.69) is 11.9 Å². The van der Waals surface area contributed by atoms with Gasteiger partial charge in [0.2, 0.25) is 0 Å². The lowest BCUT2D eigenvalue weighted by Gasteiger charge is -2.08. The normalized spacial score (nSPS) is 11.6. The summed E-state index contributed by atoms with van der Waals surface area (Å²) < 4.78 is 1.99. The van der Waals surface area contributed by atoms with Gasteiger partial charge < -0.3 is 4.57 Å². The SMILES string of the molecule is CCc1sc(=NC(=O)c2cccc([N+](=O)[O-])c2)n(CC)c1-c1ccc(Cl)cc1. The zero-order valence-corrected chi connectivity index (χ0v) is 17.0. The maximum Gasteiger partial charge on any atom is 0.279 e. The van der Waals surface area contributed by atoms with Crippen LogP contribution in [0.5, 0.6) is 0 Å². The van der Waals surface area contributed by atoms with Crippen LogP contribution in [-0.2, 0) is 13.0 Å². The summed E-state index contributed by atoms with van der Waals surface area (Å²) in [6, 6.07) is 13.2. The molecule has 0 saturated heterocycles. The van der Waals surface area contributed by atoms with E-state index in [1.54, 1.807) is 0 Å². The Labute approximate surface area is 170 Å². The van der Waals surface area contributed by atoms with Crippen LogP contribution in [0.15, 0.2) is 53.5 Å². The zero-order valence-electron chi connectivity index (χ0n) is 15.4. The van der Waals surface area contributed by atoms with Crippen LogP contribution in [0.4, 0.5) is 5.69 Å². The number of benzene rings is 2. The Balaban J connectivity index is 2.11. The standard InChI is InChI=1S/C20H18ClN3O3S/c1-3-17-18(13-8-10-15(21)11-9-13)23(4-2)20(28-17)22-19(25)14-6-5-7-16(12-14)24(26)27/h5-12H,3-4H2,1-2H3. The number of carbonyl (C=O) groups excluding carboxylic acids is 1. The highest BCUT2D eigenvalue weighted by Crippen LogP contribution is 2.28. The maximum atomic E-state index is 12.6. The fourth-order valence-electron chi connectivity index (χ4n) is 2.90. The van der Waals surface area contributed by atoms with Crippen molar-refractivity contribution >= 4 is 34.5 Å². The van der Waals surface area contributed by atoms with Crippen LogP contribution in [0.3, 0.4) is 0 Å². The van der Waals surface area contributed by atoms with Crippen molar-refractivity contribution in [2.45, 2.75) is 26.8 Å². The number of hydrogen-bond donors (Lipinski definition) is 0. The van der Waals surface area contributed by atoms with Crippen LogP contribution in [0.1, 0.15) is 29.1 Å². The Morgan fingerprint density at radius 1 is 1.21 bits per heavy atom. The van der Waals surface area contributed by atoms with E-state index in [1.807, 2.05) is 35.8 Å². The molecule has 1 heterocycles. The number of non-ortho nitro benzene ring substituents is 1. The number of nitro benzene ring substituents is 1. The molecule has 0 fully saturated rings. The molecule has 1 amide bonds. The number of rotatable bonds is 5. The van der Waals surface area contributed by atoms with Crippen molar-refractivity contribution in [3.8, 4) is 11.3 Å². The summed E-state index contributed by atoms with van der Waals surface area (Å²) in [5, 5.41) is 11.6. The van der Waals surface area contributed by atoms with Gasteiger partial charge in [0.15, 0.2) is 4.80 Å². The summed E-state index contributed by atoms with van der Waals surface area (Å²) >= 11 is 7.46. The molecule has 8 heteroatoms.